The molecule has 2 aromatic rings. The third kappa shape index (κ3) is 1.92. The van der Waals surface area contributed by atoms with Crippen LogP contribution < -0.4 is 0 Å². The second-order valence-electron chi connectivity index (χ2n) is 4.33. The molecule has 0 saturated heterocycles. The Balaban J connectivity index is 2.67. The van der Waals surface area contributed by atoms with Gasteiger partial charge in [0.25, 0.3) is 0 Å². The second-order valence-corrected chi connectivity index (χ2v) is 4.80. The number of fused-ring (bicyclic) bond motifs is 1. The van der Waals surface area contributed by atoms with Gasteiger partial charge in [0.2, 0.25) is 0 Å². The molecular weight excluding hydrogens is 223 g/mol. The summed E-state index contributed by atoms with van der Waals surface area (Å²) in [6.45, 7) is 4.13. The van der Waals surface area contributed by atoms with Gasteiger partial charge in [-0.05, 0) is 22.9 Å². The summed E-state index contributed by atoms with van der Waals surface area (Å²) in [7, 11) is 0. The molecule has 2 heteroatoms. The van der Waals surface area contributed by atoms with Crippen molar-refractivity contribution >= 4 is 22.4 Å². The normalized spacial score (nSPS) is 13.3. The summed E-state index contributed by atoms with van der Waals surface area (Å²) >= 11 is 6.35. The van der Waals surface area contributed by atoms with E-state index in [1.807, 2.05) is 18.2 Å². The number of hydrogen-bond donors (Lipinski definition) is 0. The molecule has 0 N–H and O–H groups in total. The van der Waals surface area contributed by atoms with Gasteiger partial charge in [-0.15, -0.1) is 11.6 Å². The number of alkyl halides is 1. The van der Waals surface area contributed by atoms with Gasteiger partial charge in [-0.25, -0.2) is 4.39 Å². The van der Waals surface area contributed by atoms with E-state index in [1.165, 1.54) is 6.07 Å². The van der Waals surface area contributed by atoms with Gasteiger partial charge in [0, 0.05) is 5.39 Å². The lowest BCUT2D eigenvalue weighted by atomic mass is 9.96. The third-order valence-electron chi connectivity index (χ3n) is 2.79. The maximum Gasteiger partial charge on any atom is 0.131 e. The van der Waals surface area contributed by atoms with Crippen molar-refractivity contribution in [3.05, 3.63) is 47.8 Å². The molecule has 0 nitrogen and oxygen atoms in total. The lowest BCUT2D eigenvalue weighted by molar-refractivity contribution is 0.621. The van der Waals surface area contributed by atoms with Gasteiger partial charge in [-0.2, -0.15) is 0 Å². The van der Waals surface area contributed by atoms with Crippen LogP contribution in [-0.2, 0) is 0 Å². The highest BCUT2D eigenvalue weighted by Gasteiger charge is 2.16. The smallest absolute Gasteiger partial charge is 0.131 e. The molecule has 0 aliphatic carbocycles. The number of rotatable bonds is 2. The van der Waals surface area contributed by atoms with Crippen LogP contribution in [0.4, 0.5) is 4.39 Å². The van der Waals surface area contributed by atoms with E-state index in [0.717, 1.165) is 10.9 Å². The summed E-state index contributed by atoms with van der Waals surface area (Å²) in [4.78, 5) is 0. The minimum absolute atomic E-state index is 0.0782. The summed E-state index contributed by atoms with van der Waals surface area (Å²) in [5.74, 6) is 0.141. The van der Waals surface area contributed by atoms with Gasteiger partial charge >= 0.3 is 0 Å². The highest BCUT2D eigenvalue weighted by Crippen LogP contribution is 2.34. The highest BCUT2D eigenvalue weighted by molar-refractivity contribution is 6.22. The molecule has 1 atom stereocenters. The first kappa shape index (κ1) is 11.4. The van der Waals surface area contributed by atoms with Crippen LogP contribution in [0.5, 0.6) is 0 Å². The molecule has 0 heterocycles. The first-order chi connectivity index (χ1) is 7.61. The van der Waals surface area contributed by atoms with Crippen LogP contribution in [-0.4, -0.2) is 0 Å². The molecule has 1 unspecified atom stereocenters. The molecule has 16 heavy (non-hydrogen) atoms. The molecule has 2 rings (SSSR count). The predicted molar refractivity (Wildman–Crippen MR) is 67.3 cm³/mol. The van der Waals surface area contributed by atoms with E-state index in [0.29, 0.717) is 11.3 Å². The Kier molecular flexibility index (Phi) is 3.15. The van der Waals surface area contributed by atoms with Crippen LogP contribution in [0, 0.1) is 11.7 Å². The van der Waals surface area contributed by atoms with E-state index in [1.54, 1.807) is 12.1 Å². The van der Waals surface area contributed by atoms with Crippen molar-refractivity contribution in [1.82, 2.24) is 0 Å². The summed E-state index contributed by atoms with van der Waals surface area (Å²) in [6.07, 6.45) is 0. The third-order valence-corrected chi connectivity index (χ3v) is 3.53. The lowest BCUT2D eigenvalue weighted by Crippen LogP contribution is -2.00. The average molecular weight is 237 g/mol. The van der Waals surface area contributed by atoms with Crippen molar-refractivity contribution in [2.24, 2.45) is 5.92 Å². The first-order valence-corrected chi connectivity index (χ1v) is 5.86. The number of hydrogen-bond acceptors (Lipinski definition) is 0. The zero-order valence-corrected chi connectivity index (χ0v) is 10.1. The quantitative estimate of drug-likeness (QED) is 0.650. The van der Waals surface area contributed by atoms with Crippen molar-refractivity contribution in [3.8, 4) is 0 Å². The largest absolute Gasteiger partial charge is 0.206 e. The van der Waals surface area contributed by atoms with Crippen LogP contribution >= 0.6 is 11.6 Å². The van der Waals surface area contributed by atoms with E-state index >= 15 is 0 Å². The maximum atomic E-state index is 13.6. The predicted octanol–water partition coefficient (Wildman–Crippen LogP) is 4.91. The summed E-state index contributed by atoms with van der Waals surface area (Å²) in [5.41, 5.74) is 1.01. The fourth-order valence-electron chi connectivity index (χ4n) is 1.89. The molecule has 0 spiro atoms. The van der Waals surface area contributed by atoms with E-state index in [4.69, 9.17) is 11.6 Å². The highest BCUT2D eigenvalue weighted by atomic mass is 35.5. The van der Waals surface area contributed by atoms with Gasteiger partial charge < -0.3 is 0 Å². The fourth-order valence-corrected chi connectivity index (χ4v) is 2.08. The van der Waals surface area contributed by atoms with Crippen LogP contribution in [0.25, 0.3) is 10.8 Å². The molecule has 0 saturated carbocycles. The van der Waals surface area contributed by atoms with Crippen molar-refractivity contribution in [1.29, 1.82) is 0 Å². The monoisotopic (exact) mass is 236 g/mol. The molecule has 2 aromatic carbocycles. The Morgan fingerprint density at radius 2 is 1.62 bits per heavy atom. The van der Waals surface area contributed by atoms with Gasteiger partial charge in [0.1, 0.15) is 5.82 Å². The van der Waals surface area contributed by atoms with Crippen molar-refractivity contribution in [3.63, 3.8) is 0 Å². The Bertz CT molecular complexity index is 505. The summed E-state index contributed by atoms with van der Waals surface area (Å²) in [5, 5.41) is 1.48. The summed E-state index contributed by atoms with van der Waals surface area (Å²) in [6, 6.07) is 10.7. The van der Waals surface area contributed by atoms with Crippen LogP contribution in [0.15, 0.2) is 36.4 Å². The van der Waals surface area contributed by atoms with Gasteiger partial charge in [0.15, 0.2) is 0 Å². The fraction of sp³-hybridized carbons (Fsp3) is 0.286. The molecule has 0 fully saturated rings. The molecule has 0 bridgehead atoms. The zero-order valence-electron chi connectivity index (χ0n) is 9.37. The van der Waals surface area contributed by atoms with Crippen molar-refractivity contribution in [2.45, 2.75) is 19.2 Å². The Hall–Kier alpha value is -1.08. The van der Waals surface area contributed by atoms with E-state index in [2.05, 4.69) is 13.8 Å². The maximum absolute atomic E-state index is 13.6. The Morgan fingerprint density at radius 3 is 2.25 bits per heavy atom. The van der Waals surface area contributed by atoms with Gasteiger partial charge in [-0.1, -0.05) is 44.2 Å². The van der Waals surface area contributed by atoms with Crippen LogP contribution in [0.3, 0.4) is 0 Å². The molecule has 0 radical (unpaired) electrons. The summed E-state index contributed by atoms with van der Waals surface area (Å²) < 4.78 is 13.6. The standard InChI is InChI=1S/C14H14ClF/c1-9(2)14(15)12-7-8-13(16)11-6-4-3-5-10(11)12/h3-9,14H,1-2H3. The second kappa shape index (κ2) is 4.42. The SMILES string of the molecule is CC(C)C(Cl)c1ccc(F)c2ccccc12. The lowest BCUT2D eigenvalue weighted by Gasteiger charge is -2.16. The van der Waals surface area contributed by atoms with Gasteiger partial charge in [-0.3, -0.25) is 0 Å². The van der Waals surface area contributed by atoms with Crippen LogP contribution in [0.2, 0.25) is 0 Å². The Labute approximate surface area is 100 Å². The molecule has 0 amide bonds. The van der Waals surface area contributed by atoms with E-state index < -0.39 is 0 Å². The molecule has 0 aliphatic rings. The topological polar surface area (TPSA) is 0 Å². The molecule has 0 aromatic heterocycles. The minimum atomic E-state index is -0.188. The Morgan fingerprint density at radius 1 is 1.00 bits per heavy atom. The molecule has 0 aliphatic heterocycles. The van der Waals surface area contributed by atoms with Crippen molar-refractivity contribution in [2.75, 3.05) is 0 Å². The zero-order chi connectivity index (χ0) is 11.7. The molecule has 84 valence electrons. The number of benzene rings is 2. The number of halogens is 2. The van der Waals surface area contributed by atoms with E-state index in [9.17, 15) is 4.39 Å². The van der Waals surface area contributed by atoms with E-state index in [-0.39, 0.29) is 11.2 Å². The van der Waals surface area contributed by atoms with Gasteiger partial charge in [0.05, 0.1) is 5.38 Å². The minimum Gasteiger partial charge on any atom is -0.206 e. The molecular formula is C14H14ClF. The van der Waals surface area contributed by atoms with Crippen LogP contribution in [0.1, 0.15) is 24.8 Å². The van der Waals surface area contributed by atoms with Crippen molar-refractivity contribution < 1.29 is 4.39 Å². The average Bonchev–Trinajstić information content (AvgIpc) is 2.29. The first-order valence-electron chi connectivity index (χ1n) is 5.42.